The average molecular weight is 351 g/mol. The van der Waals surface area contributed by atoms with E-state index in [0.29, 0.717) is 18.9 Å². The van der Waals surface area contributed by atoms with Crippen molar-refractivity contribution in [1.29, 1.82) is 0 Å². The van der Waals surface area contributed by atoms with E-state index in [9.17, 15) is 14.7 Å². The fraction of sp³-hybridized carbons (Fsp3) is 0.900. The number of rotatable bonds is 5. The number of aliphatic carboxylic acids is 1. The van der Waals surface area contributed by atoms with E-state index < -0.39 is 16.9 Å². The summed E-state index contributed by atoms with van der Waals surface area (Å²) in [5, 5.41) is 12.8. The van der Waals surface area contributed by atoms with Gasteiger partial charge in [-0.3, -0.25) is 4.79 Å². The van der Waals surface area contributed by atoms with Crippen molar-refractivity contribution < 1.29 is 19.4 Å². The van der Waals surface area contributed by atoms with Gasteiger partial charge in [0.15, 0.2) is 0 Å². The molecule has 5 heteroatoms. The standard InChI is InChI=1S/C20H33NO4/c1-4-25-16-12-20(18(23)24,19(16,2)3)21-17(22)15-10-9-13-7-5-6-8-14(13)11-15/h13-16H,4-12H2,1-3H3,(H,21,22)(H,23,24). The molecular weight excluding hydrogens is 318 g/mol. The molecule has 0 heterocycles. The van der Waals surface area contributed by atoms with Crippen molar-refractivity contribution in [2.24, 2.45) is 23.2 Å². The first kappa shape index (κ1) is 18.7. The van der Waals surface area contributed by atoms with Crippen molar-refractivity contribution in [3.05, 3.63) is 0 Å². The summed E-state index contributed by atoms with van der Waals surface area (Å²) in [5.41, 5.74) is -1.81. The lowest BCUT2D eigenvalue weighted by Crippen LogP contribution is -2.76. The van der Waals surface area contributed by atoms with E-state index in [1.165, 1.54) is 25.7 Å². The molecule has 3 aliphatic rings. The molecule has 1 amide bonds. The quantitative estimate of drug-likeness (QED) is 0.796. The lowest BCUT2D eigenvalue weighted by atomic mass is 9.54. The third-order valence-corrected chi connectivity index (χ3v) is 7.38. The van der Waals surface area contributed by atoms with E-state index in [2.05, 4.69) is 5.32 Å². The molecule has 0 bridgehead atoms. The second kappa shape index (κ2) is 6.90. The van der Waals surface area contributed by atoms with Crippen LogP contribution in [0.4, 0.5) is 0 Å². The summed E-state index contributed by atoms with van der Waals surface area (Å²) in [6.07, 6.45) is 8.33. The van der Waals surface area contributed by atoms with Gasteiger partial charge in [-0.05, 0) is 38.0 Å². The lowest BCUT2D eigenvalue weighted by molar-refractivity contribution is -0.195. The van der Waals surface area contributed by atoms with Crippen molar-refractivity contribution in [3.8, 4) is 0 Å². The number of amides is 1. The largest absolute Gasteiger partial charge is 0.479 e. The third-order valence-electron chi connectivity index (χ3n) is 7.38. The second-order valence-corrected chi connectivity index (χ2v) is 8.88. The Morgan fingerprint density at radius 1 is 1.12 bits per heavy atom. The summed E-state index contributed by atoms with van der Waals surface area (Å²) >= 11 is 0. The first-order chi connectivity index (χ1) is 11.8. The van der Waals surface area contributed by atoms with Crippen LogP contribution in [0.3, 0.4) is 0 Å². The predicted octanol–water partition coefficient (Wildman–Crippen LogP) is 3.37. The first-order valence-electron chi connectivity index (χ1n) is 9.99. The van der Waals surface area contributed by atoms with E-state index >= 15 is 0 Å². The smallest absolute Gasteiger partial charge is 0.330 e. The maximum Gasteiger partial charge on any atom is 0.330 e. The Morgan fingerprint density at radius 3 is 2.40 bits per heavy atom. The fourth-order valence-corrected chi connectivity index (χ4v) is 5.46. The highest BCUT2D eigenvalue weighted by Gasteiger charge is 2.66. The Morgan fingerprint density at radius 2 is 1.80 bits per heavy atom. The van der Waals surface area contributed by atoms with Gasteiger partial charge in [0.2, 0.25) is 5.91 Å². The minimum Gasteiger partial charge on any atom is -0.479 e. The molecule has 3 rings (SSSR count). The molecule has 0 radical (unpaired) electrons. The lowest BCUT2D eigenvalue weighted by Gasteiger charge is -2.58. The zero-order valence-corrected chi connectivity index (χ0v) is 15.8. The van der Waals surface area contributed by atoms with Crippen LogP contribution in [0.15, 0.2) is 0 Å². The summed E-state index contributed by atoms with van der Waals surface area (Å²) in [4.78, 5) is 25.0. The highest BCUT2D eigenvalue weighted by molar-refractivity contribution is 5.90. The summed E-state index contributed by atoms with van der Waals surface area (Å²) in [5.74, 6) is 0.415. The summed E-state index contributed by atoms with van der Waals surface area (Å²) in [6.45, 7) is 6.26. The Kier molecular flexibility index (Phi) is 5.16. The van der Waals surface area contributed by atoms with Gasteiger partial charge < -0.3 is 15.2 Å². The summed E-state index contributed by atoms with van der Waals surface area (Å²) in [7, 11) is 0. The Labute approximate surface area is 150 Å². The normalized spacial score (nSPS) is 39.8. The first-order valence-corrected chi connectivity index (χ1v) is 9.99. The molecule has 0 saturated heterocycles. The maximum atomic E-state index is 12.9. The molecule has 3 aliphatic carbocycles. The number of carbonyl (C=O) groups excluding carboxylic acids is 1. The molecule has 5 unspecified atom stereocenters. The number of hydrogen-bond acceptors (Lipinski definition) is 3. The maximum absolute atomic E-state index is 12.9. The number of nitrogens with one attached hydrogen (secondary N) is 1. The molecule has 0 aromatic heterocycles. The van der Waals surface area contributed by atoms with E-state index in [4.69, 9.17) is 4.74 Å². The topological polar surface area (TPSA) is 75.6 Å². The minimum atomic E-state index is -1.20. The number of carboxylic acid groups (broad SMARTS) is 1. The fourth-order valence-electron chi connectivity index (χ4n) is 5.46. The third kappa shape index (κ3) is 3.09. The Hall–Kier alpha value is -1.10. The van der Waals surface area contributed by atoms with Gasteiger partial charge in [-0.2, -0.15) is 0 Å². The van der Waals surface area contributed by atoms with E-state index in [1.807, 2.05) is 20.8 Å². The predicted molar refractivity (Wildman–Crippen MR) is 95.1 cm³/mol. The molecule has 2 N–H and O–H groups in total. The molecule has 3 saturated carbocycles. The molecule has 5 atom stereocenters. The van der Waals surface area contributed by atoms with Crippen LogP contribution < -0.4 is 5.32 Å². The van der Waals surface area contributed by atoms with Gasteiger partial charge in [-0.1, -0.05) is 39.5 Å². The van der Waals surface area contributed by atoms with Crippen molar-refractivity contribution in [2.45, 2.75) is 83.8 Å². The Balaban J connectivity index is 1.67. The zero-order chi connectivity index (χ0) is 18.2. The van der Waals surface area contributed by atoms with Gasteiger partial charge in [0.25, 0.3) is 0 Å². The Bertz CT molecular complexity index is 532. The van der Waals surface area contributed by atoms with Crippen LogP contribution in [0, 0.1) is 23.2 Å². The molecule has 0 aliphatic heterocycles. The summed E-state index contributed by atoms with van der Waals surface area (Å²) < 4.78 is 5.68. The van der Waals surface area contributed by atoms with Gasteiger partial charge >= 0.3 is 5.97 Å². The molecular formula is C20H33NO4. The molecule has 25 heavy (non-hydrogen) atoms. The number of carboxylic acids is 1. The van der Waals surface area contributed by atoms with Crippen LogP contribution in [-0.2, 0) is 14.3 Å². The van der Waals surface area contributed by atoms with Crippen molar-refractivity contribution in [2.75, 3.05) is 6.61 Å². The molecule has 0 aromatic rings. The van der Waals surface area contributed by atoms with E-state index in [1.54, 1.807) is 0 Å². The van der Waals surface area contributed by atoms with Crippen LogP contribution in [0.25, 0.3) is 0 Å². The zero-order valence-electron chi connectivity index (χ0n) is 15.8. The summed E-state index contributed by atoms with van der Waals surface area (Å²) in [6, 6.07) is 0. The monoisotopic (exact) mass is 351 g/mol. The highest BCUT2D eigenvalue weighted by atomic mass is 16.5. The molecule has 0 aromatic carbocycles. The van der Waals surface area contributed by atoms with Crippen molar-refractivity contribution >= 4 is 11.9 Å². The number of ether oxygens (including phenoxy) is 1. The number of fused-ring (bicyclic) bond motifs is 1. The van der Waals surface area contributed by atoms with Gasteiger partial charge in [0, 0.05) is 24.4 Å². The van der Waals surface area contributed by atoms with Crippen LogP contribution in [0.5, 0.6) is 0 Å². The van der Waals surface area contributed by atoms with Gasteiger partial charge in [-0.15, -0.1) is 0 Å². The highest BCUT2D eigenvalue weighted by Crippen LogP contribution is 2.52. The minimum absolute atomic E-state index is 0.0301. The number of carbonyl (C=O) groups is 2. The van der Waals surface area contributed by atoms with Gasteiger partial charge in [-0.25, -0.2) is 4.79 Å². The SMILES string of the molecule is CCOC1CC(NC(=O)C2CCC3CCCCC3C2)(C(=O)O)C1(C)C. The molecule has 0 spiro atoms. The number of hydrogen-bond donors (Lipinski definition) is 2. The molecule has 5 nitrogen and oxygen atoms in total. The molecule has 3 fully saturated rings. The van der Waals surface area contributed by atoms with E-state index in [-0.39, 0.29) is 17.9 Å². The van der Waals surface area contributed by atoms with Crippen molar-refractivity contribution in [3.63, 3.8) is 0 Å². The van der Waals surface area contributed by atoms with Crippen LogP contribution in [0.1, 0.15) is 72.1 Å². The van der Waals surface area contributed by atoms with E-state index in [0.717, 1.165) is 25.2 Å². The van der Waals surface area contributed by atoms with Crippen LogP contribution >= 0.6 is 0 Å². The average Bonchev–Trinajstić information content (AvgIpc) is 2.59. The van der Waals surface area contributed by atoms with Gasteiger partial charge in [0.1, 0.15) is 5.54 Å². The van der Waals surface area contributed by atoms with Crippen LogP contribution in [0.2, 0.25) is 0 Å². The molecule has 142 valence electrons. The van der Waals surface area contributed by atoms with Crippen molar-refractivity contribution in [1.82, 2.24) is 5.32 Å². The second-order valence-electron chi connectivity index (χ2n) is 8.88. The van der Waals surface area contributed by atoms with Gasteiger partial charge in [0.05, 0.1) is 6.10 Å². The van der Waals surface area contributed by atoms with Crippen LogP contribution in [-0.4, -0.2) is 35.2 Å².